The van der Waals surface area contributed by atoms with Gasteiger partial charge in [0.05, 0.1) is 0 Å². The van der Waals surface area contributed by atoms with Crippen molar-refractivity contribution in [3.8, 4) is 0 Å². The summed E-state index contributed by atoms with van der Waals surface area (Å²) in [5.74, 6) is -0.862. The second kappa shape index (κ2) is 4.07. The summed E-state index contributed by atoms with van der Waals surface area (Å²) in [5, 5.41) is 2.24. The second-order valence-electron chi connectivity index (χ2n) is 4.61. The number of nitrogens with one attached hydrogen (secondary N) is 1. The smallest absolute Gasteiger partial charge is 0.294 e. The SMILES string of the molecule is CCCC1(C)C(=O)Nc2nc(C(F)(F)F)cc(=O)n21. The Labute approximate surface area is 106 Å². The average Bonchev–Trinajstić information content (AvgIpc) is 2.50. The molecule has 1 aliphatic heterocycles. The monoisotopic (exact) mass is 275 g/mol. The fourth-order valence-corrected chi connectivity index (χ4v) is 2.24. The molecule has 2 heterocycles. The van der Waals surface area contributed by atoms with E-state index in [1.165, 1.54) is 6.92 Å². The number of carbonyl (C=O) groups excluding carboxylic acids is 1. The van der Waals surface area contributed by atoms with Crippen molar-refractivity contribution in [2.75, 3.05) is 5.32 Å². The zero-order valence-corrected chi connectivity index (χ0v) is 10.3. The molecule has 5 nitrogen and oxygen atoms in total. The molecule has 0 fully saturated rings. The van der Waals surface area contributed by atoms with Crippen molar-refractivity contribution in [1.29, 1.82) is 0 Å². The fraction of sp³-hybridized carbons (Fsp3) is 0.545. The van der Waals surface area contributed by atoms with Crippen LogP contribution < -0.4 is 10.9 Å². The maximum Gasteiger partial charge on any atom is 0.433 e. The van der Waals surface area contributed by atoms with Crippen molar-refractivity contribution >= 4 is 11.9 Å². The van der Waals surface area contributed by atoms with Crippen LogP contribution in [0.3, 0.4) is 0 Å². The van der Waals surface area contributed by atoms with Crippen molar-refractivity contribution in [3.05, 3.63) is 22.1 Å². The molecule has 1 amide bonds. The highest BCUT2D eigenvalue weighted by Crippen LogP contribution is 2.33. The molecule has 0 aromatic carbocycles. The molecular formula is C11H12F3N3O2. The lowest BCUT2D eigenvalue weighted by Crippen LogP contribution is -2.41. The predicted molar refractivity (Wildman–Crippen MR) is 60.7 cm³/mol. The Morgan fingerprint density at radius 1 is 1.42 bits per heavy atom. The molecule has 0 saturated carbocycles. The summed E-state index contributed by atoms with van der Waals surface area (Å²) in [6, 6.07) is 0.414. The Bertz CT molecular complexity index is 594. The van der Waals surface area contributed by atoms with Crippen LogP contribution in [-0.4, -0.2) is 15.5 Å². The van der Waals surface area contributed by atoms with E-state index in [1.54, 1.807) is 0 Å². The topological polar surface area (TPSA) is 64.0 Å². The van der Waals surface area contributed by atoms with E-state index >= 15 is 0 Å². The molecule has 0 radical (unpaired) electrons. The molecule has 19 heavy (non-hydrogen) atoms. The minimum atomic E-state index is -4.72. The minimum absolute atomic E-state index is 0.346. The third-order valence-electron chi connectivity index (χ3n) is 3.15. The second-order valence-corrected chi connectivity index (χ2v) is 4.61. The van der Waals surface area contributed by atoms with Crippen LogP contribution in [0.1, 0.15) is 32.4 Å². The standard InChI is InChI=1S/C11H12F3N3O2/c1-3-4-10(2)8(19)16-9-15-6(11(12,13)14)5-7(18)17(9)10/h5H,3-4H2,1-2H3,(H,15,16,19). The van der Waals surface area contributed by atoms with Crippen LogP contribution in [0.4, 0.5) is 19.1 Å². The molecule has 2 rings (SSSR count). The van der Waals surface area contributed by atoms with Gasteiger partial charge in [-0.05, 0) is 13.3 Å². The number of amides is 1. The molecule has 1 N–H and O–H groups in total. The van der Waals surface area contributed by atoms with Gasteiger partial charge in [0.1, 0.15) is 5.54 Å². The fourth-order valence-electron chi connectivity index (χ4n) is 2.24. The lowest BCUT2D eigenvalue weighted by Gasteiger charge is -2.22. The number of aromatic nitrogens is 2. The summed E-state index contributed by atoms with van der Waals surface area (Å²) in [4.78, 5) is 27.0. The van der Waals surface area contributed by atoms with E-state index in [-0.39, 0.29) is 5.95 Å². The minimum Gasteiger partial charge on any atom is -0.294 e. The summed E-state index contributed by atoms with van der Waals surface area (Å²) >= 11 is 0. The van der Waals surface area contributed by atoms with Gasteiger partial charge in [-0.25, -0.2) is 4.98 Å². The Kier molecular flexibility index (Phi) is 2.91. The molecule has 8 heteroatoms. The van der Waals surface area contributed by atoms with Crippen LogP contribution >= 0.6 is 0 Å². The number of alkyl halides is 3. The van der Waals surface area contributed by atoms with Gasteiger partial charge in [-0.2, -0.15) is 13.2 Å². The van der Waals surface area contributed by atoms with Gasteiger partial charge in [0.2, 0.25) is 5.95 Å². The molecule has 1 unspecified atom stereocenters. The highest BCUT2D eigenvalue weighted by Gasteiger charge is 2.45. The van der Waals surface area contributed by atoms with Gasteiger partial charge in [-0.1, -0.05) is 13.3 Å². The van der Waals surface area contributed by atoms with E-state index < -0.39 is 28.9 Å². The van der Waals surface area contributed by atoms with Crippen LogP contribution in [0.2, 0.25) is 0 Å². The molecule has 0 spiro atoms. The molecule has 0 aliphatic carbocycles. The molecule has 0 bridgehead atoms. The number of rotatable bonds is 2. The third kappa shape index (κ3) is 2.00. The Hall–Kier alpha value is -1.86. The summed E-state index contributed by atoms with van der Waals surface area (Å²) in [6.45, 7) is 3.33. The molecule has 1 aromatic heterocycles. The van der Waals surface area contributed by atoms with Crippen molar-refractivity contribution in [2.45, 2.75) is 38.4 Å². The van der Waals surface area contributed by atoms with Gasteiger partial charge in [0.15, 0.2) is 5.69 Å². The highest BCUT2D eigenvalue weighted by atomic mass is 19.4. The summed E-state index contributed by atoms with van der Waals surface area (Å²) in [6.07, 6.45) is -3.77. The summed E-state index contributed by atoms with van der Waals surface area (Å²) < 4.78 is 38.6. The van der Waals surface area contributed by atoms with Crippen LogP contribution in [0.25, 0.3) is 0 Å². The van der Waals surface area contributed by atoms with Crippen LogP contribution in [0.15, 0.2) is 10.9 Å². The van der Waals surface area contributed by atoms with Gasteiger partial charge in [-0.15, -0.1) is 0 Å². The molecule has 1 aromatic rings. The molecule has 1 aliphatic rings. The van der Waals surface area contributed by atoms with Crippen LogP contribution in [0, 0.1) is 0 Å². The van der Waals surface area contributed by atoms with Gasteiger partial charge in [-0.3, -0.25) is 19.5 Å². The van der Waals surface area contributed by atoms with Gasteiger partial charge < -0.3 is 0 Å². The first-order chi connectivity index (χ1) is 8.70. The molecular weight excluding hydrogens is 263 g/mol. The summed E-state index contributed by atoms with van der Waals surface area (Å²) in [7, 11) is 0. The number of nitrogens with zero attached hydrogens (tertiary/aromatic N) is 2. The van der Waals surface area contributed by atoms with Crippen molar-refractivity contribution in [1.82, 2.24) is 9.55 Å². The first-order valence-electron chi connectivity index (χ1n) is 5.73. The third-order valence-corrected chi connectivity index (χ3v) is 3.15. The maximum atomic E-state index is 12.6. The zero-order valence-electron chi connectivity index (χ0n) is 10.3. The van der Waals surface area contributed by atoms with E-state index in [0.717, 1.165) is 4.57 Å². The molecule has 104 valence electrons. The number of anilines is 1. The number of hydrogen-bond acceptors (Lipinski definition) is 3. The lowest BCUT2D eigenvalue weighted by atomic mass is 9.96. The van der Waals surface area contributed by atoms with Crippen LogP contribution in [-0.2, 0) is 16.5 Å². The van der Waals surface area contributed by atoms with E-state index in [4.69, 9.17) is 0 Å². The normalized spacial score (nSPS) is 22.3. The maximum absolute atomic E-state index is 12.6. The van der Waals surface area contributed by atoms with E-state index in [1.807, 2.05) is 6.92 Å². The zero-order chi connectivity index (χ0) is 14.4. The van der Waals surface area contributed by atoms with E-state index in [9.17, 15) is 22.8 Å². The number of carbonyl (C=O) groups is 1. The first kappa shape index (κ1) is 13.6. The van der Waals surface area contributed by atoms with Crippen molar-refractivity contribution < 1.29 is 18.0 Å². The predicted octanol–water partition coefficient (Wildman–Crippen LogP) is 1.73. The van der Waals surface area contributed by atoms with E-state index in [2.05, 4.69) is 10.3 Å². The molecule has 0 saturated heterocycles. The number of fused-ring (bicyclic) bond motifs is 1. The van der Waals surface area contributed by atoms with Crippen molar-refractivity contribution in [3.63, 3.8) is 0 Å². The average molecular weight is 275 g/mol. The van der Waals surface area contributed by atoms with Crippen LogP contribution in [0.5, 0.6) is 0 Å². The Morgan fingerprint density at radius 3 is 2.58 bits per heavy atom. The molecule has 1 atom stereocenters. The Balaban J connectivity index is 2.63. The lowest BCUT2D eigenvalue weighted by molar-refractivity contribution is -0.141. The van der Waals surface area contributed by atoms with Gasteiger partial charge in [0.25, 0.3) is 11.5 Å². The number of halogens is 3. The number of hydrogen-bond donors (Lipinski definition) is 1. The largest absolute Gasteiger partial charge is 0.433 e. The quantitative estimate of drug-likeness (QED) is 0.894. The Morgan fingerprint density at radius 2 is 2.05 bits per heavy atom. The highest BCUT2D eigenvalue weighted by molar-refractivity contribution is 5.98. The first-order valence-corrected chi connectivity index (χ1v) is 5.73. The van der Waals surface area contributed by atoms with Gasteiger partial charge in [0, 0.05) is 6.07 Å². The van der Waals surface area contributed by atoms with Gasteiger partial charge >= 0.3 is 6.18 Å². The van der Waals surface area contributed by atoms with Crippen molar-refractivity contribution in [2.24, 2.45) is 0 Å². The summed E-state index contributed by atoms with van der Waals surface area (Å²) in [5.41, 5.74) is -3.37. The van der Waals surface area contributed by atoms with E-state index in [0.29, 0.717) is 18.9 Å².